The molecule has 0 fully saturated rings. The highest BCUT2D eigenvalue weighted by Gasteiger charge is 2.19. The summed E-state index contributed by atoms with van der Waals surface area (Å²) >= 11 is 0. The van der Waals surface area contributed by atoms with Gasteiger partial charge in [-0.2, -0.15) is 0 Å². The molecule has 114 valence electrons. The molecule has 0 saturated heterocycles. The van der Waals surface area contributed by atoms with Crippen molar-refractivity contribution < 1.29 is 0 Å². The van der Waals surface area contributed by atoms with Crippen LogP contribution in [0.4, 0.5) is 0 Å². The average Bonchev–Trinajstić information content (AvgIpc) is 2.29. The molecule has 0 radical (unpaired) electrons. The Balaban J connectivity index is 2.98. The minimum absolute atomic E-state index is 0.401. The van der Waals surface area contributed by atoms with Crippen LogP contribution in [0.15, 0.2) is 12.1 Å². The molecule has 0 amide bonds. The predicted octanol–water partition coefficient (Wildman–Crippen LogP) is 5.48. The van der Waals surface area contributed by atoms with Gasteiger partial charge in [0.25, 0.3) is 0 Å². The number of hydrogen-bond donors (Lipinski definition) is 1. The van der Waals surface area contributed by atoms with Gasteiger partial charge < -0.3 is 5.32 Å². The zero-order chi connectivity index (χ0) is 15.3. The third-order valence-electron chi connectivity index (χ3n) is 3.91. The van der Waals surface area contributed by atoms with Crippen molar-refractivity contribution in [3.63, 3.8) is 0 Å². The van der Waals surface area contributed by atoms with E-state index in [1.165, 1.54) is 41.5 Å². The molecule has 0 aromatic heterocycles. The molecule has 0 heterocycles. The van der Waals surface area contributed by atoms with Crippen molar-refractivity contribution in [3.05, 3.63) is 34.4 Å². The van der Waals surface area contributed by atoms with E-state index in [2.05, 4.69) is 65.9 Å². The van der Waals surface area contributed by atoms with Crippen LogP contribution in [0.25, 0.3) is 0 Å². The van der Waals surface area contributed by atoms with Crippen LogP contribution < -0.4 is 5.32 Å². The monoisotopic (exact) mass is 275 g/mol. The Morgan fingerprint density at radius 1 is 1.05 bits per heavy atom. The fourth-order valence-electron chi connectivity index (χ4n) is 2.99. The van der Waals surface area contributed by atoms with Crippen LogP contribution in [0.2, 0.25) is 0 Å². The highest BCUT2D eigenvalue weighted by atomic mass is 14.9. The van der Waals surface area contributed by atoms with E-state index >= 15 is 0 Å². The van der Waals surface area contributed by atoms with Crippen molar-refractivity contribution in [2.24, 2.45) is 5.41 Å². The average molecular weight is 275 g/mol. The summed E-state index contributed by atoms with van der Waals surface area (Å²) in [6.07, 6.45) is 3.66. The van der Waals surface area contributed by atoms with Gasteiger partial charge in [0.1, 0.15) is 0 Å². The minimum Gasteiger partial charge on any atom is -0.310 e. The van der Waals surface area contributed by atoms with Gasteiger partial charge >= 0.3 is 0 Å². The second kappa shape index (κ2) is 7.26. The molecule has 1 atom stereocenters. The van der Waals surface area contributed by atoms with Gasteiger partial charge in [0.05, 0.1) is 0 Å². The van der Waals surface area contributed by atoms with Crippen molar-refractivity contribution in [1.82, 2.24) is 5.32 Å². The van der Waals surface area contributed by atoms with Gasteiger partial charge in [-0.25, -0.2) is 0 Å². The predicted molar refractivity (Wildman–Crippen MR) is 90.4 cm³/mol. The van der Waals surface area contributed by atoms with Crippen LogP contribution >= 0.6 is 0 Å². The Morgan fingerprint density at radius 2 is 1.60 bits per heavy atom. The molecule has 0 aliphatic heterocycles. The Kier molecular flexibility index (Phi) is 6.26. The first-order valence-electron chi connectivity index (χ1n) is 8.05. The van der Waals surface area contributed by atoms with E-state index in [1.54, 1.807) is 0 Å². The lowest BCUT2D eigenvalue weighted by Crippen LogP contribution is -2.25. The topological polar surface area (TPSA) is 12.0 Å². The highest BCUT2D eigenvalue weighted by molar-refractivity contribution is 5.39. The van der Waals surface area contributed by atoms with Crippen LogP contribution in [0, 0.1) is 26.2 Å². The standard InChI is InChI=1S/C19H33N/c1-8-11-20-17(9-10-19(5,6)7)18-15(3)12-14(2)13-16(18)4/h12-13,17,20H,8-11H2,1-7H3. The van der Waals surface area contributed by atoms with Crippen molar-refractivity contribution in [2.75, 3.05) is 6.54 Å². The van der Waals surface area contributed by atoms with Gasteiger partial charge in [-0.15, -0.1) is 0 Å². The summed E-state index contributed by atoms with van der Waals surface area (Å²) in [6.45, 7) is 17.0. The highest BCUT2D eigenvalue weighted by Crippen LogP contribution is 2.31. The van der Waals surface area contributed by atoms with Gasteiger partial charge in [-0.3, -0.25) is 0 Å². The van der Waals surface area contributed by atoms with Crippen LogP contribution in [-0.2, 0) is 0 Å². The molecule has 0 bridgehead atoms. The van der Waals surface area contributed by atoms with Gasteiger partial charge in [-0.05, 0) is 68.7 Å². The third kappa shape index (κ3) is 5.28. The van der Waals surface area contributed by atoms with Gasteiger partial charge in [0.2, 0.25) is 0 Å². The van der Waals surface area contributed by atoms with Crippen molar-refractivity contribution >= 4 is 0 Å². The first-order chi connectivity index (χ1) is 9.24. The van der Waals surface area contributed by atoms with E-state index in [0.29, 0.717) is 11.5 Å². The van der Waals surface area contributed by atoms with Crippen LogP contribution in [0.3, 0.4) is 0 Å². The quantitative estimate of drug-likeness (QED) is 0.725. The second-order valence-electron chi connectivity index (χ2n) is 7.42. The molecule has 1 nitrogen and oxygen atoms in total. The number of rotatable bonds is 6. The molecule has 0 aliphatic rings. The van der Waals surface area contributed by atoms with Gasteiger partial charge in [0, 0.05) is 6.04 Å². The van der Waals surface area contributed by atoms with E-state index < -0.39 is 0 Å². The molecule has 1 aromatic carbocycles. The van der Waals surface area contributed by atoms with E-state index in [0.717, 1.165) is 6.54 Å². The van der Waals surface area contributed by atoms with E-state index in [9.17, 15) is 0 Å². The summed E-state index contributed by atoms with van der Waals surface area (Å²) in [5.74, 6) is 0. The maximum absolute atomic E-state index is 3.76. The lowest BCUT2D eigenvalue weighted by molar-refractivity contribution is 0.331. The Labute approximate surface area is 126 Å². The summed E-state index contributed by atoms with van der Waals surface area (Å²) in [5, 5.41) is 3.76. The molecule has 20 heavy (non-hydrogen) atoms. The van der Waals surface area contributed by atoms with Crippen molar-refractivity contribution in [3.8, 4) is 0 Å². The van der Waals surface area contributed by atoms with Crippen LogP contribution in [-0.4, -0.2) is 6.54 Å². The lowest BCUT2D eigenvalue weighted by Gasteiger charge is -2.27. The summed E-state index contributed by atoms with van der Waals surface area (Å²) < 4.78 is 0. The van der Waals surface area contributed by atoms with Gasteiger partial charge in [-0.1, -0.05) is 45.4 Å². The maximum Gasteiger partial charge on any atom is 0.0325 e. The smallest absolute Gasteiger partial charge is 0.0325 e. The van der Waals surface area contributed by atoms with Gasteiger partial charge in [0.15, 0.2) is 0 Å². The lowest BCUT2D eigenvalue weighted by atomic mass is 9.84. The largest absolute Gasteiger partial charge is 0.310 e. The summed E-state index contributed by atoms with van der Waals surface area (Å²) in [7, 11) is 0. The molecule has 0 saturated carbocycles. The number of nitrogens with one attached hydrogen (secondary N) is 1. The number of aryl methyl sites for hydroxylation is 3. The maximum atomic E-state index is 3.76. The fourth-order valence-corrected chi connectivity index (χ4v) is 2.99. The second-order valence-corrected chi connectivity index (χ2v) is 7.42. The summed E-state index contributed by atoms with van der Waals surface area (Å²) in [6, 6.07) is 5.13. The van der Waals surface area contributed by atoms with Crippen LogP contribution in [0.1, 0.15) is 75.3 Å². The first kappa shape index (κ1) is 17.2. The summed E-state index contributed by atoms with van der Waals surface area (Å²) in [5.41, 5.74) is 6.16. The van der Waals surface area contributed by atoms with E-state index in [1.807, 2.05) is 0 Å². The Bertz CT molecular complexity index is 403. The van der Waals surface area contributed by atoms with E-state index in [-0.39, 0.29) is 0 Å². The third-order valence-corrected chi connectivity index (χ3v) is 3.91. The SMILES string of the molecule is CCCNC(CCC(C)(C)C)c1c(C)cc(C)cc1C. The molecule has 1 unspecified atom stereocenters. The molecule has 1 aromatic rings. The molecular weight excluding hydrogens is 242 g/mol. The van der Waals surface area contributed by atoms with Crippen LogP contribution in [0.5, 0.6) is 0 Å². The Hall–Kier alpha value is -0.820. The Morgan fingerprint density at radius 3 is 2.05 bits per heavy atom. The molecule has 0 spiro atoms. The number of hydrogen-bond acceptors (Lipinski definition) is 1. The van der Waals surface area contributed by atoms with Crippen molar-refractivity contribution in [1.29, 1.82) is 0 Å². The fraction of sp³-hybridized carbons (Fsp3) is 0.684. The molecule has 1 N–H and O–H groups in total. The zero-order valence-corrected chi connectivity index (χ0v) is 14.6. The molecular formula is C19H33N. The minimum atomic E-state index is 0.401. The molecule has 0 aliphatic carbocycles. The summed E-state index contributed by atoms with van der Waals surface area (Å²) in [4.78, 5) is 0. The first-order valence-corrected chi connectivity index (χ1v) is 8.05. The molecule has 1 heteroatoms. The van der Waals surface area contributed by atoms with Crippen molar-refractivity contribution in [2.45, 2.75) is 73.8 Å². The normalized spacial score (nSPS) is 13.6. The number of benzene rings is 1. The zero-order valence-electron chi connectivity index (χ0n) is 14.6. The molecule has 1 rings (SSSR count). The van der Waals surface area contributed by atoms with E-state index in [4.69, 9.17) is 0 Å².